The minimum atomic E-state index is -1.34. The zero-order chi connectivity index (χ0) is 12.7. The number of hydrogen-bond acceptors (Lipinski definition) is 5. The number of hydrogen-bond donors (Lipinski definition) is 2. The van der Waals surface area contributed by atoms with Crippen molar-refractivity contribution in [1.82, 2.24) is 5.06 Å². The van der Waals surface area contributed by atoms with E-state index in [9.17, 15) is 10.4 Å². The zero-order valence-corrected chi connectivity index (χ0v) is 10.4. The van der Waals surface area contributed by atoms with Crippen LogP contribution in [0.25, 0.3) is 0 Å². The molecule has 0 spiro atoms. The molecule has 6 heteroatoms. The number of nitrogens with zero attached hydrogens (tertiary/aromatic N) is 3. The number of hydroxylamine groups is 3. The highest BCUT2D eigenvalue weighted by atomic mass is 16.6. The van der Waals surface area contributed by atoms with Crippen molar-refractivity contribution in [3.8, 4) is 0 Å². The van der Waals surface area contributed by atoms with E-state index < -0.39 is 11.2 Å². The number of oxime groups is 1. The van der Waals surface area contributed by atoms with Gasteiger partial charge in [-0.1, -0.05) is 12.1 Å². The van der Waals surface area contributed by atoms with Gasteiger partial charge >= 0.3 is 0 Å². The van der Waals surface area contributed by atoms with Crippen molar-refractivity contribution in [3.05, 3.63) is 5.21 Å². The van der Waals surface area contributed by atoms with Crippen LogP contribution >= 0.6 is 0 Å². The van der Waals surface area contributed by atoms with Gasteiger partial charge in [0.25, 0.3) is 5.66 Å². The van der Waals surface area contributed by atoms with Gasteiger partial charge in [-0.2, -0.15) is 4.74 Å². The van der Waals surface area contributed by atoms with Gasteiger partial charge in [0.1, 0.15) is 11.3 Å². The third-order valence-corrected chi connectivity index (χ3v) is 3.46. The number of rotatable bonds is 2. The van der Waals surface area contributed by atoms with Gasteiger partial charge in [-0.15, -0.1) is 5.06 Å². The fourth-order valence-electron chi connectivity index (χ4n) is 2.23. The normalized spacial score (nSPS) is 31.2. The fourth-order valence-corrected chi connectivity index (χ4v) is 2.23. The summed E-state index contributed by atoms with van der Waals surface area (Å²) in [4.78, 5) is 0. The summed E-state index contributed by atoms with van der Waals surface area (Å²) in [6.45, 7) is 8.40. The van der Waals surface area contributed by atoms with E-state index >= 15 is 0 Å². The van der Waals surface area contributed by atoms with Gasteiger partial charge in [0.15, 0.2) is 5.71 Å². The second-order valence-corrected chi connectivity index (χ2v) is 4.67. The molecule has 0 saturated heterocycles. The first-order valence-electron chi connectivity index (χ1n) is 5.26. The van der Waals surface area contributed by atoms with Crippen LogP contribution in [-0.2, 0) is 0 Å². The molecule has 1 atom stereocenters. The van der Waals surface area contributed by atoms with Gasteiger partial charge < -0.3 is 15.6 Å². The summed E-state index contributed by atoms with van der Waals surface area (Å²) in [7, 11) is 0. The molecule has 1 aliphatic rings. The molecule has 0 aromatic rings. The van der Waals surface area contributed by atoms with Crippen LogP contribution in [-0.4, -0.2) is 42.8 Å². The maximum Gasteiger partial charge on any atom is 0.290 e. The Kier molecular flexibility index (Phi) is 3.00. The van der Waals surface area contributed by atoms with E-state index in [1.54, 1.807) is 13.8 Å². The topological polar surface area (TPSA) is 82.1 Å². The molecule has 6 nitrogen and oxygen atoms in total. The molecule has 92 valence electrons. The maximum atomic E-state index is 12.2. The van der Waals surface area contributed by atoms with E-state index in [1.165, 1.54) is 13.8 Å². The van der Waals surface area contributed by atoms with E-state index in [2.05, 4.69) is 5.16 Å². The Morgan fingerprint density at radius 2 is 2.00 bits per heavy atom. The van der Waals surface area contributed by atoms with Crippen LogP contribution in [0.3, 0.4) is 0 Å². The Hall–Kier alpha value is -1.14. The van der Waals surface area contributed by atoms with E-state index in [4.69, 9.17) is 5.21 Å². The van der Waals surface area contributed by atoms with Crippen LogP contribution in [0.1, 0.15) is 41.0 Å². The van der Waals surface area contributed by atoms with Crippen molar-refractivity contribution in [2.75, 3.05) is 0 Å². The second kappa shape index (κ2) is 3.71. The molecule has 0 amide bonds. The van der Waals surface area contributed by atoms with Crippen molar-refractivity contribution < 1.29 is 15.2 Å². The predicted octanol–water partition coefficient (Wildman–Crippen LogP) is 1.40. The molecular formula is C10H19N3O3. The van der Waals surface area contributed by atoms with Gasteiger partial charge in [0.05, 0.1) is 0 Å². The first-order valence-corrected chi connectivity index (χ1v) is 5.26. The molecule has 1 heterocycles. The highest BCUT2D eigenvalue weighted by Gasteiger charge is 2.60. The van der Waals surface area contributed by atoms with E-state index in [0.717, 1.165) is 9.80 Å². The molecule has 1 aliphatic heterocycles. The van der Waals surface area contributed by atoms with Gasteiger partial charge in [-0.3, -0.25) is 0 Å². The molecule has 0 aliphatic carbocycles. The lowest BCUT2D eigenvalue weighted by atomic mass is 9.96. The summed E-state index contributed by atoms with van der Waals surface area (Å²) >= 11 is 0. The predicted molar refractivity (Wildman–Crippen MR) is 59.9 cm³/mol. The Morgan fingerprint density at radius 1 is 1.50 bits per heavy atom. The molecule has 16 heavy (non-hydrogen) atoms. The van der Waals surface area contributed by atoms with Crippen molar-refractivity contribution >= 4 is 11.4 Å². The fraction of sp³-hybridized carbons (Fsp3) is 0.800. The summed E-state index contributed by atoms with van der Waals surface area (Å²) < 4.78 is 0.724. The molecule has 2 N–H and O–H groups in total. The zero-order valence-electron chi connectivity index (χ0n) is 10.4. The average Bonchev–Trinajstić information content (AvgIpc) is 2.37. The molecule has 0 bridgehead atoms. The minimum absolute atomic E-state index is 0.154. The van der Waals surface area contributed by atoms with E-state index in [0.29, 0.717) is 12.1 Å². The Labute approximate surface area is 95.0 Å². The standard InChI is InChI=1S/C10H19N3O3/c1-6-8-9(3,4)13(16)10(5,12(8)15)7(2)11-14/h14,16H,6H2,1-5H3/b11-7+/t10-/m0/s1. The van der Waals surface area contributed by atoms with E-state index in [-0.39, 0.29) is 5.71 Å². The molecule has 0 fully saturated rings. The second-order valence-electron chi connectivity index (χ2n) is 4.67. The maximum absolute atomic E-state index is 12.2. The smallest absolute Gasteiger partial charge is 0.290 e. The van der Waals surface area contributed by atoms with Crippen LogP contribution in [0.2, 0.25) is 0 Å². The van der Waals surface area contributed by atoms with Crippen molar-refractivity contribution in [2.45, 2.75) is 52.2 Å². The first-order chi connectivity index (χ1) is 7.24. The van der Waals surface area contributed by atoms with Crippen molar-refractivity contribution in [1.29, 1.82) is 0 Å². The van der Waals surface area contributed by atoms with Crippen molar-refractivity contribution in [2.24, 2.45) is 5.16 Å². The van der Waals surface area contributed by atoms with Gasteiger partial charge in [0, 0.05) is 13.3 Å². The summed E-state index contributed by atoms with van der Waals surface area (Å²) in [6.07, 6.45) is 0.530. The summed E-state index contributed by atoms with van der Waals surface area (Å²) in [6, 6.07) is 0. The average molecular weight is 229 g/mol. The molecule has 1 rings (SSSR count). The van der Waals surface area contributed by atoms with Crippen LogP contribution < -0.4 is 0 Å². The Morgan fingerprint density at radius 3 is 2.31 bits per heavy atom. The first kappa shape index (κ1) is 12.9. The molecule has 0 radical (unpaired) electrons. The third-order valence-electron chi connectivity index (χ3n) is 3.46. The molecular weight excluding hydrogens is 210 g/mol. The molecule has 0 aromatic carbocycles. The van der Waals surface area contributed by atoms with Crippen molar-refractivity contribution in [3.63, 3.8) is 0 Å². The Balaban J connectivity index is 3.42. The monoisotopic (exact) mass is 229 g/mol. The van der Waals surface area contributed by atoms with E-state index in [1.807, 2.05) is 6.92 Å². The Bertz CT molecular complexity index is 362. The highest BCUT2D eigenvalue weighted by molar-refractivity contribution is 5.96. The lowest BCUT2D eigenvalue weighted by Gasteiger charge is -2.32. The lowest BCUT2D eigenvalue weighted by Crippen LogP contribution is -2.57. The van der Waals surface area contributed by atoms with Crippen LogP contribution in [0.15, 0.2) is 5.16 Å². The molecule has 0 aromatic heterocycles. The molecule has 0 unspecified atom stereocenters. The van der Waals surface area contributed by atoms with Gasteiger partial charge in [-0.05, 0) is 20.8 Å². The van der Waals surface area contributed by atoms with Gasteiger partial charge in [0.2, 0.25) is 0 Å². The largest absolute Gasteiger partial charge is 0.622 e. The summed E-state index contributed by atoms with van der Waals surface area (Å²) in [5.74, 6) is 0. The van der Waals surface area contributed by atoms with Crippen LogP contribution in [0.4, 0.5) is 0 Å². The minimum Gasteiger partial charge on any atom is -0.622 e. The van der Waals surface area contributed by atoms with Crippen LogP contribution in [0, 0.1) is 5.21 Å². The third kappa shape index (κ3) is 1.33. The molecule has 0 saturated carbocycles. The van der Waals surface area contributed by atoms with Gasteiger partial charge in [-0.25, -0.2) is 0 Å². The van der Waals surface area contributed by atoms with Crippen LogP contribution in [0.5, 0.6) is 0 Å². The lowest BCUT2D eigenvalue weighted by molar-refractivity contribution is -0.561. The quantitative estimate of drug-likeness (QED) is 0.246. The summed E-state index contributed by atoms with van der Waals surface area (Å²) in [5.41, 5.74) is -1.40. The summed E-state index contributed by atoms with van der Waals surface area (Å²) in [5, 5.41) is 35.1. The SMILES string of the molecule is CCC1=[N+]([O-])[C@](C)(/C(C)=N/O)N(O)C1(C)C. The highest BCUT2D eigenvalue weighted by Crippen LogP contribution is 2.34.